The van der Waals surface area contributed by atoms with Crippen molar-refractivity contribution in [2.75, 3.05) is 13.1 Å². The highest BCUT2D eigenvalue weighted by atomic mass is 15.1. The van der Waals surface area contributed by atoms with Crippen molar-refractivity contribution in [3.05, 3.63) is 34.9 Å². The zero-order chi connectivity index (χ0) is 13.8. The first-order chi connectivity index (χ1) is 9.10. The van der Waals surface area contributed by atoms with Crippen LogP contribution in [0.25, 0.3) is 0 Å². The summed E-state index contributed by atoms with van der Waals surface area (Å²) in [7, 11) is 0. The van der Waals surface area contributed by atoms with Gasteiger partial charge in [0.2, 0.25) is 0 Å². The first kappa shape index (κ1) is 14.5. The summed E-state index contributed by atoms with van der Waals surface area (Å²) in [4.78, 5) is 2.58. The Morgan fingerprint density at radius 3 is 2.79 bits per heavy atom. The molecule has 2 rings (SSSR count). The molecule has 2 N–H and O–H groups in total. The Morgan fingerprint density at radius 2 is 2.11 bits per heavy atom. The molecular formula is C17H28N2. The number of rotatable bonds is 4. The van der Waals surface area contributed by atoms with Crippen molar-refractivity contribution in [1.82, 2.24) is 4.90 Å². The fraction of sp³-hybridized carbons (Fsp3) is 0.647. The third-order valence-electron chi connectivity index (χ3n) is 4.60. The molecule has 2 atom stereocenters. The van der Waals surface area contributed by atoms with Crippen molar-refractivity contribution in [2.45, 2.75) is 52.6 Å². The molecule has 106 valence electrons. The smallest absolute Gasteiger partial charge is 0.0233 e. The molecule has 2 heteroatoms. The molecule has 1 aromatic carbocycles. The van der Waals surface area contributed by atoms with Gasteiger partial charge in [0.1, 0.15) is 0 Å². The van der Waals surface area contributed by atoms with Crippen LogP contribution in [0.15, 0.2) is 18.2 Å². The van der Waals surface area contributed by atoms with Gasteiger partial charge in [-0.3, -0.25) is 4.90 Å². The van der Waals surface area contributed by atoms with Crippen LogP contribution in [0.5, 0.6) is 0 Å². The Bertz CT molecular complexity index is 414. The van der Waals surface area contributed by atoms with E-state index in [1.165, 1.54) is 42.6 Å². The van der Waals surface area contributed by atoms with Crippen molar-refractivity contribution < 1.29 is 0 Å². The molecule has 0 aromatic heterocycles. The van der Waals surface area contributed by atoms with Crippen LogP contribution in [0.2, 0.25) is 0 Å². The van der Waals surface area contributed by atoms with Gasteiger partial charge in [0.05, 0.1) is 0 Å². The number of piperidine rings is 1. The molecule has 0 spiro atoms. The fourth-order valence-electron chi connectivity index (χ4n) is 3.08. The van der Waals surface area contributed by atoms with Crippen molar-refractivity contribution >= 4 is 0 Å². The second-order valence-electron chi connectivity index (χ2n) is 6.13. The van der Waals surface area contributed by atoms with Crippen LogP contribution < -0.4 is 5.73 Å². The molecular weight excluding hydrogens is 232 g/mol. The number of benzene rings is 1. The van der Waals surface area contributed by atoms with E-state index in [1.54, 1.807) is 0 Å². The number of nitrogens with zero attached hydrogens (tertiary/aromatic N) is 1. The molecule has 19 heavy (non-hydrogen) atoms. The Morgan fingerprint density at radius 1 is 1.32 bits per heavy atom. The van der Waals surface area contributed by atoms with Crippen LogP contribution in [-0.4, -0.2) is 24.0 Å². The normalized spacial score (nSPS) is 22.4. The fourth-order valence-corrected chi connectivity index (χ4v) is 3.08. The topological polar surface area (TPSA) is 29.3 Å². The van der Waals surface area contributed by atoms with Crippen LogP contribution in [0.4, 0.5) is 0 Å². The van der Waals surface area contributed by atoms with E-state index >= 15 is 0 Å². The van der Waals surface area contributed by atoms with Gasteiger partial charge < -0.3 is 5.73 Å². The zero-order valence-electron chi connectivity index (χ0n) is 12.7. The predicted molar refractivity (Wildman–Crippen MR) is 82.2 cm³/mol. The maximum Gasteiger partial charge on any atom is 0.0233 e. The van der Waals surface area contributed by atoms with Crippen molar-refractivity contribution in [3.8, 4) is 0 Å². The van der Waals surface area contributed by atoms with Gasteiger partial charge in [-0.2, -0.15) is 0 Å². The molecule has 2 unspecified atom stereocenters. The Kier molecular flexibility index (Phi) is 5.00. The molecule has 0 amide bonds. The molecule has 1 aliphatic heterocycles. The van der Waals surface area contributed by atoms with Gasteiger partial charge >= 0.3 is 0 Å². The van der Waals surface area contributed by atoms with E-state index in [0.717, 1.165) is 13.0 Å². The van der Waals surface area contributed by atoms with E-state index in [1.807, 2.05) is 0 Å². The minimum absolute atomic E-state index is 0.377. The summed E-state index contributed by atoms with van der Waals surface area (Å²) < 4.78 is 0. The summed E-state index contributed by atoms with van der Waals surface area (Å²) in [6, 6.07) is 7.22. The maximum atomic E-state index is 6.22. The molecule has 1 aliphatic rings. The summed E-state index contributed by atoms with van der Waals surface area (Å²) in [5.41, 5.74) is 10.4. The third-order valence-corrected chi connectivity index (χ3v) is 4.60. The first-order valence-corrected chi connectivity index (χ1v) is 7.64. The average molecular weight is 260 g/mol. The number of hydrogen-bond donors (Lipinski definition) is 1. The quantitative estimate of drug-likeness (QED) is 0.900. The summed E-state index contributed by atoms with van der Waals surface area (Å²) in [6.45, 7) is 10.0. The Balaban J connectivity index is 1.96. The van der Waals surface area contributed by atoms with E-state index in [9.17, 15) is 0 Å². The van der Waals surface area contributed by atoms with Gasteiger partial charge in [-0.05, 0) is 62.3 Å². The number of aryl methyl sites for hydroxylation is 2. The Labute approximate surface area is 118 Å². The minimum Gasteiger partial charge on any atom is -0.327 e. The van der Waals surface area contributed by atoms with Gasteiger partial charge in [-0.1, -0.05) is 25.1 Å². The molecule has 1 saturated heterocycles. The maximum absolute atomic E-state index is 6.22. The minimum atomic E-state index is 0.377. The van der Waals surface area contributed by atoms with Crippen LogP contribution in [0.1, 0.15) is 42.9 Å². The SMILES string of the molecule is CCC(N)C1CCCN(Cc2ccc(C)c(C)c2)C1. The molecule has 0 saturated carbocycles. The van der Waals surface area contributed by atoms with E-state index in [-0.39, 0.29) is 0 Å². The molecule has 0 bridgehead atoms. The van der Waals surface area contributed by atoms with Gasteiger partial charge in [0.15, 0.2) is 0 Å². The Hall–Kier alpha value is -0.860. The van der Waals surface area contributed by atoms with Crippen molar-refractivity contribution in [3.63, 3.8) is 0 Å². The lowest BCUT2D eigenvalue weighted by molar-refractivity contribution is 0.149. The van der Waals surface area contributed by atoms with Crippen LogP contribution in [0, 0.1) is 19.8 Å². The number of likely N-dealkylation sites (tertiary alicyclic amines) is 1. The van der Waals surface area contributed by atoms with Crippen LogP contribution in [-0.2, 0) is 6.54 Å². The standard InChI is InChI=1S/C17H28N2/c1-4-17(18)16-6-5-9-19(12-16)11-15-8-7-13(2)14(3)10-15/h7-8,10,16-17H,4-6,9,11-12,18H2,1-3H3. The molecule has 0 aliphatic carbocycles. The second kappa shape index (κ2) is 6.53. The lowest BCUT2D eigenvalue weighted by atomic mass is 9.89. The number of nitrogens with two attached hydrogens (primary N) is 1. The molecule has 0 radical (unpaired) electrons. The lowest BCUT2D eigenvalue weighted by Crippen LogP contribution is -2.42. The summed E-state index contributed by atoms with van der Waals surface area (Å²) in [5, 5.41) is 0. The molecule has 1 fully saturated rings. The van der Waals surface area contributed by atoms with Gasteiger partial charge in [0, 0.05) is 19.1 Å². The summed E-state index contributed by atoms with van der Waals surface area (Å²) in [6.07, 6.45) is 3.70. The second-order valence-corrected chi connectivity index (χ2v) is 6.13. The van der Waals surface area contributed by atoms with E-state index in [4.69, 9.17) is 5.73 Å². The van der Waals surface area contributed by atoms with Gasteiger partial charge in [0.25, 0.3) is 0 Å². The zero-order valence-corrected chi connectivity index (χ0v) is 12.7. The van der Waals surface area contributed by atoms with E-state index in [0.29, 0.717) is 12.0 Å². The highest BCUT2D eigenvalue weighted by Crippen LogP contribution is 2.22. The highest BCUT2D eigenvalue weighted by Gasteiger charge is 2.23. The summed E-state index contributed by atoms with van der Waals surface area (Å²) >= 11 is 0. The van der Waals surface area contributed by atoms with Crippen molar-refractivity contribution in [2.24, 2.45) is 11.7 Å². The largest absolute Gasteiger partial charge is 0.327 e. The third kappa shape index (κ3) is 3.80. The lowest BCUT2D eigenvalue weighted by Gasteiger charge is -2.35. The summed E-state index contributed by atoms with van der Waals surface area (Å²) in [5.74, 6) is 0.685. The molecule has 1 heterocycles. The monoisotopic (exact) mass is 260 g/mol. The first-order valence-electron chi connectivity index (χ1n) is 7.64. The van der Waals surface area contributed by atoms with E-state index in [2.05, 4.69) is 43.9 Å². The van der Waals surface area contributed by atoms with Crippen LogP contribution in [0.3, 0.4) is 0 Å². The van der Waals surface area contributed by atoms with Gasteiger partial charge in [-0.25, -0.2) is 0 Å². The van der Waals surface area contributed by atoms with Gasteiger partial charge in [-0.15, -0.1) is 0 Å². The van der Waals surface area contributed by atoms with Crippen LogP contribution >= 0.6 is 0 Å². The molecule has 1 aromatic rings. The number of hydrogen-bond acceptors (Lipinski definition) is 2. The highest BCUT2D eigenvalue weighted by molar-refractivity contribution is 5.29. The molecule has 2 nitrogen and oxygen atoms in total. The van der Waals surface area contributed by atoms with E-state index < -0.39 is 0 Å². The van der Waals surface area contributed by atoms with Crippen molar-refractivity contribution in [1.29, 1.82) is 0 Å². The predicted octanol–water partition coefficient (Wildman–Crippen LogP) is 3.25. The average Bonchev–Trinajstić information content (AvgIpc) is 2.42.